The quantitative estimate of drug-likeness (QED) is 0.698. The Bertz CT molecular complexity index is 490. The summed E-state index contributed by atoms with van der Waals surface area (Å²) in [6.07, 6.45) is 0. The number of anilines is 2. The van der Waals surface area contributed by atoms with Crippen LogP contribution in [-0.2, 0) is 4.79 Å². The van der Waals surface area contributed by atoms with E-state index in [1.54, 1.807) is 14.0 Å². The smallest absolute Gasteiger partial charge is 0.227 e. The van der Waals surface area contributed by atoms with Gasteiger partial charge in [0.05, 0.1) is 23.4 Å². The van der Waals surface area contributed by atoms with Crippen molar-refractivity contribution in [3.8, 4) is 5.75 Å². The lowest BCUT2D eigenvalue weighted by Crippen LogP contribution is -2.39. The van der Waals surface area contributed by atoms with E-state index in [2.05, 4.69) is 10.6 Å². The molecule has 4 N–H and O–H groups in total. The maximum atomic E-state index is 13.6. The summed E-state index contributed by atoms with van der Waals surface area (Å²) in [6.45, 7) is 6.12. The van der Waals surface area contributed by atoms with Gasteiger partial charge in [0, 0.05) is 25.7 Å². The summed E-state index contributed by atoms with van der Waals surface area (Å²) in [7, 11) is 1.59. The molecule has 1 aromatic carbocycles. The molecule has 1 amide bonds. The molecule has 0 spiro atoms. The molecular weight excluding hydrogens is 261 g/mol. The Hall–Kier alpha value is -1.98. The fourth-order valence-electron chi connectivity index (χ4n) is 1.72. The van der Waals surface area contributed by atoms with Crippen molar-refractivity contribution in [2.24, 2.45) is 5.41 Å². The van der Waals surface area contributed by atoms with E-state index in [0.29, 0.717) is 18.8 Å². The number of nitrogens with two attached hydrogens (primary N) is 1. The van der Waals surface area contributed by atoms with E-state index in [-0.39, 0.29) is 17.3 Å². The van der Waals surface area contributed by atoms with Crippen molar-refractivity contribution in [3.63, 3.8) is 0 Å². The molecule has 1 rings (SSSR count). The Labute approximate surface area is 118 Å². The number of hydrogen-bond acceptors (Lipinski definition) is 4. The van der Waals surface area contributed by atoms with Gasteiger partial charge in [-0.2, -0.15) is 0 Å². The highest BCUT2D eigenvalue weighted by Crippen LogP contribution is 2.29. The lowest BCUT2D eigenvalue weighted by Gasteiger charge is -2.24. The van der Waals surface area contributed by atoms with Crippen LogP contribution < -0.4 is 21.1 Å². The molecule has 0 unspecified atom stereocenters. The summed E-state index contributed by atoms with van der Waals surface area (Å²) in [5.74, 6) is -0.446. The SMILES string of the molecule is CCOc1cc(NCC(C)(C)C(=O)NC)c(N)cc1F. The van der Waals surface area contributed by atoms with Crippen molar-refractivity contribution in [1.82, 2.24) is 5.32 Å². The number of hydrogen-bond donors (Lipinski definition) is 3. The molecular formula is C14H22FN3O2. The van der Waals surface area contributed by atoms with Gasteiger partial charge in [-0.15, -0.1) is 0 Å². The number of rotatable bonds is 6. The van der Waals surface area contributed by atoms with Crippen LogP contribution in [0.15, 0.2) is 12.1 Å². The van der Waals surface area contributed by atoms with Crippen molar-refractivity contribution >= 4 is 17.3 Å². The molecule has 5 nitrogen and oxygen atoms in total. The molecule has 0 saturated carbocycles. The first kappa shape index (κ1) is 16.1. The molecule has 0 heterocycles. The number of carbonyl (C=O) groups excluding carboxylic acids is 1. The van der Waals surface area contributed by atoms with Crippen LogP contribution in [0.5, 0.6) is 5.75 Å². The van der Waals surface area contributed by atoms with Gasteiger partial charge in [0.2, 0.25) is 5.91 Å². The van der Waals surface area contributed by atoms with Crippen LogP contribution in [0.3, 0.4) is 0 Å². The molecule has 20 heavy (non-hydrogen) atoms. The number of benzene rings is 1. The van der Waals surface area contributed by atoms with Crippen molar-refractivity contribution in [1.29, 1.82) is 0 Å². The van der Waals surface area contributed by atoms with E-state index >= 15 is 0 Å². The fraction of sp³-hybridized carbons (Fsp3) is 0.500. The summed E-state index contributed by atoms with van der Waals surface area (Å²) in [6, 6.07) is 2.72. The molecule has 0 aromatic heterocycles. The van der Waals surface area contributed by atoms with E-state index in [1.165, 1.54) is 12.1 Å². The van der Waals surface area contributed by atoms with Crippen LogP contribution in [0.25, 0.3) is 0 Å². The molecule has 112 valence electrons. The number of amides is 1. The van der Waals surface area contributed by atoms with Gasteiger partial charge in [0.25, 0.3) is 0 Å². The molecule has 6 heteroatoms. The van der Waals surface area contributed by atoms with E-state index < -0.39 is 11.2 Å². The van der Waals surface area contributed by atoms with Crippen LogP contribution in [0.4, 0.5) is 15.8 Å². The third-order valence-corrected chi connectivity index (χ3v) is 2.97. The predicted octanol–water partition coefficient (Wildman–Crippen LogP) is 1.99. The number of ether oxygens (including phenoxy) is 1. The van der Waals surface area contributed by atoms with E-state index in [4.69, 9.17) is 10.5 Å². The minimum atomic E-state index is -0.610. The molecule has 0 saturated heterocycles. The highest BCUT2D eigenvalue weighted by atomic mass is 19.1. The number of nitrogen functional groups attached to an aromatic ring is 1. The Balaban J connectivity index is 2.87. The average Bonchev–Trinajstić information content (AvgIpc) is 2.39. The number of halogens is 1. The standard InChI is InChI=1S/C14H22FN3O2/c1-5-20-12-7-11(10(16)6-9(12)15)18-8-14(2,3)13(19)17-4/h6-7,18H,5,8,16H2,1-4H3,(H,17,19). The van der Waals surface area contributed by atoms with Gasteiger partial charge < -0.3 is 21.1 Å². The van der Waals surface area contributed by atoms with E-state index in [0.717, 1.165) is 0 Å². The van der Waals surface area contributed by atoms with Crippen molar-refractivity contribution < 1.29 is 13.9 Å². The normalized spacial score (nSPS) is 11.1. The Morgan fingerprint density at radius 3 is 2.65 bits per heavy atom. The third kappa shape index (κ3) is 3.76. The van der Waals surface area contributed by atoms with Gasteiger partial charge in [-0.1, -0.05) is 0 Å². The zero-order valence-electron chi connectivity index (χ0n) is 12.3. The zero-order chi connectivity index (χ0) is 15.3. The molecule has 0 radical (unpaired) electrons. The van der Waals surface area contributed by atoms with Crippen LogP contribution in [0.2, 0.25) is 0 Å². The predicted molar refractivity (Wildman–Crippen MR) is 78.3 cm³/mol. The second kappa shape index (κ2) is 6.45. The highest BCUT2D eigenvalue weighted by Gasteiger charge is 2.26. The Morgan fingerprint density at radius 1 is 1.45 bits per heavy atom. The van der Waals surface area contributed by atoms with E-state index in [9.17, 15) is 9.18 Å². The van der Waals surface area contributed by atoms with E-state index in [1.807, 2.05) is 13.8 Å². The Morgan fingerprint density at radius 2 is 2.10 bits per heavy atom. The van der Waals surface area contributed by atoms with Crippen molar-refractivity contribution in [3.05, 3.63) is 17.9 Å². The van der Waals surface area contributed by atoms with Gasteiger partial charge in [0.15, 0.2) is 11.6 Å². The lowest BCUT2D eigenvalue weighted by atomic mass is 9.92. The van der Waals surface area contributed by atoms with Gasteiger partial charge >= 0.3 is 0 Å². The molecule has 0 fully saturated rings. The van der Waals surface area contributed by atoms with Crippen LogP contribution in [0, 0.1) is 11.2 Å². The lowest BCUT2D eigenvalue weighted by molar-refractivity contribution is -0.128. The average molecular weight is 283 g/mol. The maximum absolute atomic E-state index is 13.6. The number of nitrogens with one attached hydrogen (secondary N) is 2. The molecule has 0 aliphatic rings. The monoisotopic (exact) mass is 283 g/mol. The summed E-state index contributed by atoms with van der Waals surface area (Å²) >= 11 is 0. The third-order valence-electron chi connectivity index (χ3n) is 2.97. The molecule has 1 aromatic rings. The topological polar surface area (TPSA) is 76.4 Å². The molecule has 0 atom stereocenters. The minimum absolute atomic E-state index is 0.0873. The maximum Gasteiger partial charge on any atom is 0.227 e. The summed E-state index contributed by atoms with van der Waals surface area (Å²) in [5, 5.41) is 5.66. The summed E-state index contributed by atoms with van der Waals surface area (Å²) in [5.41, 5.74) is 5.98. The molecule has 0 aliphatic carbocycles. The van der Waals surface area contributed by atoms with Crippen LogP contribution in [0.1, 0.15) is 20.8 Å². The van der Waals surface area contributed by atoms with Gasteiger partial charge in [-0.3, -0.25) is 4.79 Å². The largest absolute Gasteiger partial charge is 0.491 e. The summed E-state index contributed by atoms with van der Waals surface area (Å²) in [4.78, 5) is 11.7. The summed E-state index contributed by atoms with van der Waals surface area (Å²) < 4.78 is 18.8. The fourth-order valence-corrected chi connectivity index (χ4v) is 1.72. The zero-order valence-corrected chi connectivity index (χ0v) is 12.3. The van der Waals surface area contributed by atoms with Crippen molar-refractivity contribution in [2.45, 2.75) is 20.8 Å². The van der Waals surface area contributed by atoms with Gasteiger partial charge in [-0.25, -0.2) is 4.39 Å². The van der Waals surface area contributed by atoms with Crippen LogP contribution >= 0.6 is 0 Å². The molecule has 0 aliphatic heterocycles. The first-order valence-corrected chi connectivity index (χ1v) is 6.49. The van der Waals surface area contributed by atoms with Crippen molar-refractivity contribution in [2.75, 3.05) is 31.2 Å². The minimum Gasteiger partial charge on any atom is -0.491 e. The first-order chi connectivity index (χ1) is 9.31. The molecule has 0 bridgehead atoms. The van der Waals surface area contributed by atoms with Gasteiger partial charge in [0.1, 0.15) is 0 Å². The van der Waals surface area contributed by atoms with Gasteiger partial charge in [-0.05, 0) is 20.8 Å². The second-order valence-electron chi connectivity index (χ2n) is 5.12. The Kier molecular flexibility index (Phi) is 5.19. The second-order valence-corrected chi connectivity index (χ2v) is 5.12. The number of carbonyl (C=O) groups is 1. The first-order valence-electron chi connectivity index (χ1n) is 6.49. The highest BCUT2D eigenvalue weighted by molar-refractivity contribution is 5.82. The van der Waals surface area contributed by atoms with Crippen LogP contribution in [-0.4, -0.2) is 26.1 Å².